The van der Waals surface area contributed by atoms with Crippen LogP contribution in [0, 0.1) is 0 Å². The van der Waals surface area contributed by atoms with Gasteiger partial charge in [-0.05, 0) is 24.8 Å². The maximum atomic E-state index is 12.3. The molecule has 0 bridgehead atoms. The van der Waals surface area contributed by atoms with Crippen LogP contribution in [0.3, 0.4) is 0 Å². The number of urea groups is 1. The molecular formula is C19H22N2O4. The van der Waals surface area contributed by atoms with Gasteiger partial charge in [-0.2, -0.15) is 0 Å². The van der Waals surface area contributed by atoms with Crippen molar-refractivity contribution in [3.63, 3.8) is 0 Å². The molecule has 0 aromatic heterocycles. The van der Waals surface area contributed by atoms with Gasteiger partial charge in [0.15, 0.2) is 0 Å². The topological polar surface area (TPSA) is 78.9 Å². The summed E-state index contributed by atoms with van der Waals surface area (Å²) in [5.74, 6) is 0.344. The van der Waals surface area contributed by atoms with Gasteiger partial charge in [0, 0.05) is 5.39 Å². The van der Waals surface area contributed by atoms with Crippen molar-refractivity contribution in [2.45, 2.75) is 31.9 Å². The Labute approximate surface area is 146 Å². The van der Waals surface area contributed by atoms with Crippen molar-refractivity contribution in [1.29, 1.82) is 0 Å². The van der Waals surface area contributed by atoms with Crippen LogP contribution < -0.4 is 10.1 Å². The molecule has 2 N–H and O–H groups in total. The number of hydrogen-bond acceptors (Lipinski definition) is 4. The lowest BCUT2D eigenvalue weighted by Gasteiger charge is -2.21. The van der Waals surface area contributed by atoms with Crippen LogP contribution in [-0.4, -0.2) is 46.7 Å². The summed E-state index contributed by atoms with van der Waals surface area (Å²) in [5.41, 5.74) is -0.896. The van der Waals surface area contributed by atoms with E-state index in [2.05, 4.69) is 5.32 Å². The Kier molecular flexibility index (Phi) is 4.63. The second kappa shape index (κ2) is 6.72. The molecule has 3 amide bonds. The van der Waals surface area contributed by atoms with Gasteiger partial charge in [-0.3, -0.25) is 9.69 Å². The van der Waals surface area contributed by atoms with Crippen LogP contribution >= 0.6 is 0 Å². The molecule has 2 aromatic carbocycles. The highest BCUT2D eigenvalue weighted by Crippen LogP contribution is 2.25. The van der Waals surface area contributed by atoms with Gasteiger partial charge in [-0.25, -0.2) is 4.79 Å². The van der Waals surface area contributed by atoms with Gasteiger partial charge >= 0.3 is 6.03 Å². The molecule has 1 aliphatic rings. The Morgan fingerprint density at radius 1 is 1.20 bits per heavy atom. The van der Waals surface area contributed by atoms with Gasteiger partial charge < -0.3 is 15.2 Å². The summed E-state index contributed by atoms with van der Waals surface area (Å²) in [6.07, 6.45) is -0.468. The van der Waals surface area contributed by atoms with Gasteiger partial charge in [0.1, 0.15) is 24.0 Å². The molecule has 0 aliphatic carbocycles. The summed E-state index contributed by atoms with van der Waals surface area (Å²) in [6, 6.07) is 13.0. The van der Waals surface area contributed by atoms with E-state index in [0.29, 0.717) is 12.2 Å². The quantitative estimate of drug-likeness (QED) is 0.790. The molecule has 1 saturated heterocycles. The predicted molar refractivity (Wildman–Crippen MR) is 94.4 cm³/mol. The second-order valence-electron chi connectivity index (χ2n) is 6.47. The Morgan fingerprint density at radius 2 is 1.92 bits per heavy atom. The minimum atomic E-state index is -0.965. The van der Waals surface area contributed by atoms with Crippen molar-refractivity contribution in [2.24, 2.45) is 0 Å². The Hall–Kier alpha value is -2.60. The third-order valence-electron chi connectivity index (χ3n) is 4.63. The van der Waals surface area contributed by atoms with E-state index in [9.17, 15) is 14.7 Å². The number of amides is 3. The molecule has 132 valence electrons. The molecule has 25 heavy (non-hydrogen) atoms. The highest BCUT2D eigenvalue weighted by molar-refractivity contribution is 6.06. The van der Waals surface area contributed by atoms with Gasteiger partial charge in [0.25, 0.3) is 5.91 Å². The van der Waals surface area contributed by atoms with Crippen LogP contribution in [0.5, 0.6) is 5.75 Å². The number of nitrogens with one attached hydrogen (secondary N) is 1. The number of ether oxygens (including phenoxy) is 1. The smallest absolute Gasteiger partial charge is 0.325 e. The number of benzene rings is 2. The summed E-state index contributed by atoms with van der Waals surface area (Å²) in [5, 5.41) is 14.9. The van der Waals surface area contributed by atoms with Crippen LogP contribution in [0.15, 0.2) is 42.5 Å². The number of carbonyl (C=O) groups excluding carboxylic acids is 2. The first-order valence-electron chi connectivity index (χ1n) is 8.37. The molecule has 0 radical (unpaired) electrons. The van der Waals surface area contributed by atoms with E-state index in [4.69, 9.17) is 4.74 Å². The van der Waals surface area contributed by atoms with Crippen molar-refractivity contribution in [1.82, 2.24) is 10.2 Å². The van der Waals surface area contributed by atoms with Crippen LogP contribution in [0.4, 0.5) is 4.79 Å². The first-order chi connectivity index (χ1) is 11.9. The van der Waals surface area contributed by atoms with Gasteiger partial charge in [0.05, 0.1) is 6.54 Å². The van der Waals surface area contributed by atoms with Crippen LogP contribution in [0.2, 0.25) is 0 Å². The van der Waals surface area contributed by atoms with Gasteiger partial charge in [0.2, 0.25) is 0 Å². The minimum Gasteiger partial charge on any atom is -0.490 e. The molecule has 2 atom stereocenters. The van der Waals surface area contributed by atoms with Crippen LogP contribution in [0.1, 0.15) is 20.3 Å². The molecule has 2 unspecified atom stereocenters. The zero-order chi connectivity index (χ0) is 18.0. The lowest BCUT2D eigenvalue weighted by Crippen LogP contribution is -2.44. The summed E-state index contributed by atoms with van der Waals surface area (Å²) < 4.78 is 5.72. The van der Waals surface area contributed by atoms with Crippen LogP contribution in [-0.2, 0) is 4.79 Å². The van der Waals surface area contributed by atoms with E-state index in [0.717, 1.165) is 15.7 Å². The third-order valence-corrected chi connectivity index (χ3v) is 4.63. The summed E-state index contributed by atoms with van der Waals surface area (Å²) >= 11 is 0. The number of fused-ring (bicyclic) bond motifs is 1. The first kappa shape index (κ1) is 17.2. The summed E-state index contributed by atoms with van der Waals surface area (Å²) in [6.45, 7) is 3.42. The zero-order valence-electron chi connectivity index (χ0n) is 14.4. The van der Waals surface area contributed by atoms with Crippen LogP contribution in [0.25, 0.3) is 10.8 Å². The average molecular weight is 342 g/mol. The average Bonchev–Trinajstić information content (AvgIpc) is 2.83. The number of imide groups is 1. The van der Waals surface area contributed by atoms with E-state index < -0.39 is 17.7 Å². The number of hydrogen-bond donors (Lipinski definition) is 2. The summed E-state index contributed by atoms with van der Waals surface area (Å²) in [7, 11) is 0. The number of aliphatic hydroxyl groups is 1. The number of aliphatic hydroxyl groups excluding tert-OH is 1. The SMILES string of the molecule is CCC1(C)NC(=O)N(CC(O)COc2cccc3ccccc23)C1=O. The molecule has 0 saturated carbocycles. The molecule has 6 nitrogen and oxygen atoms in total. The van der Waals surface area contributed by atoms with E-state index in [1.165, 1.54) is 0 Å². The number of carbonyl (C=O) groups is 2. The Balaban J connectivity index is 1.64. The predicted octanol–water partition coefficient (Wildman–Crippen LogP) is 2.30. The fourth-order valence-electron chi connectivity index (χ4n) is 2.92. The molecule has 6 heteroatoms. The highest BCUT2D eigenvalue weighted by atomic mass is 16.5. The maximum absolute atomic E-state index is 12.3. The molecule has 1 aliphatic heterocycles. The molecule has 1 fully saturated rings. The standard InChI is InChI=1S/C19H22N2O4/c1-3-19(2)17(23)21(18(24)20-19)11-14(22)12-25-16-10-6-8-13-7-4-5-9-15(13)16/h4-10,14,22H,3,11-12H2,1-2H3,(H,20,24). The first-order valence-corrected chi connectivity index (χ1v) is 8.37. The minimum absolute atomic E-state index is 0.00604. The lowest BCUT2D eigenvalue weighted by molar-refractivity contribution is -0.132. The normalized spacial score (nSPS) is 21.5. The van der Waals surface area contributed by atoms with E-state index in [-0.39, 0.29) is 19.1 Å². The molecule has 1 heterocycles. The van der Waals surface area contributed by atoms with E-state index in [1.54, 1.807) is 6.92 Å². The third kappa shape index (κ3) is 3.30. The Bertz CT molecular complexity index is 802. The number of rotatable bonds is 6. The van der Waals surface area contributed by atoms with Crippen molar-refractivity contribution in [3.05, 3.63) is 42.5 Å². The lowest BCUT2D eigenvalue weighted by atomic mass is 9.99. The fraction of sp³-hybridized carbons (Fsp3) is 0.368. The monoisotopic (exact) mass is 342 g/mol. The van der Waals surface area contributed by atoms with Gasteiger partial charge in [-0.15, -0.1) is 0 Å². The number of nitrogens with zero attached hydrogens (tertiary/aromatic N) is 1. The van der Waals surface area contributed by atoms with Crippen molar-refractivity contribution in [3.8, 4) is 5.75 Å². The van der Waals surface area contributed by atoms with E-state index >= 15 is 0 Å². The Morgan fingerprint density at radius 3 is 2.64 bits per heavy atom. The zero-order valence-corrected chi connectivity index (χ0v) is 14.4. The number of β-amino-alcohol motifs (C(OH)–C–C–N with tert-alkyl or cyclic N) is 1. The molecule has 0 spiro atoms. The van der Waals surface area contributed by atoms with Crippen molar-refractivity contribution < 1.29 is 19.4 Å². The highest BCUT2D eigenvalue weighted by Gasteiger charge is 2.46. The summed E-state index contributed by atoms with van der Waals surface area (Å²) in [4.78, 5) is 25.4. The molecule has 2 aromatic rings. The van der Waals surface area contributed by atoms with Gasteiger partial charge in [-0.1, -0.05) is 43.3 Å². The molecular weight excluding hydrogens is 320 g/mol. The fourth-order valence-corrected chi connectivity index (χ4v) is 2.92. The van der Waals surface area contributed by atoms with E-state index in [1.807, 2.05) is 49.4 Å². The molecule has 3 rings (SSSR count). The maximum Gasteiger partial charge on any atom is 0.325 e. The largest absolute Gasteiger partial charge is 0.490 e. The van der Waals surface area contributed by atoms with Crippen molar-refractivity contribution >= 4 is 22.7 Å². The van der Waals surface area contributed by atoms with Crippen molar-refractivity contribution in [2.75, 3.05) is 13.2 Å². The second-order valence-corrected chi connectivity index (χ2v) is 6.47.